The molecule has 1 aliphatic rings. The summed E-state index contributed by atoms with van der Waals surface area (Å²) in [5.74, 6) is -2.21. The molecule has 3 N–H and O–H groups in total. The monoisotopic (exact) mass is 454 g/mol. The second-order valence-electron chi connectivity index (χ2n) is 7.89. The molecule has 3 amide bonds. The van der Waals surface area contributed by atoms with Crippen LogP contribution in [-0.4, -0.2) is 85.7 Å². The summed E-state index contributed by atoms with van der Waals surface area (Å²) in [6, 6.07) is 13.8. The molecule has 0 bridgehead atoms. The number of rotatable bonds is 8. The number of hydrogen-bond acceptors (Lipinski definition) is 6. The van der Waals surface area contributed by atoms with E-state index in [1.165, 1.54) is 25.1 Å². The zero-order valence-corrected chi connectivity index (χ0v) is 18.9. The van der Waals surface area contributed by atoms with Crippen molar-refractivity contribution in [2.75, 3.05) is 46.9 Å². The molecular weight excluding hydrogens is 424 g/mol. The number of nitrogens with one attached hydrogen (secondary N) is 2. The Labute approximate surface area is 193 Å². The van der Waals surface area contributed by atoms with Gasteiger partial charge in [-0.15, -0.1) is 0 Å². The van der Waals surface area contributed by atoms with E-state index in [0.29, 0.717) is 5.56 Å². The Morgan fingerprint density at radius 2 is 1.58 bits per heavy atom. The predicted octanol–water partition coefficient (Wildman–Crippen LogP) is 0.920. The second kappa shape index (κ2) is 11.6. The molecule has 1 unspecified atom stereocenters. The van der Waals surface area contributed by atoms with E-state index in [1.807, 2.05) is 12.1 Å². The van der Waals surface area contributed by atoms with Crippen molar-refractivity contribution < 1.29 is 24.3 Å². The summed E-state index contributed by atoms with van der Waals surface area (Å²) in [4.78, 5) is 40.1. The van der Waals surface area contributed by atoms with E-state index in [1.54, 1.807) is 12.1 Å². The van der Waals surface area contributed by atoms with Crippen molar-refractivity contribution in [1.82, 2.24) is 20.6 Å². The summed E-state index contributed by atoms with van der Waals surface area (Å²) in [6.45, 7) is 4.57. The summed E-state index contributed by atoms with van der Waals surface area (Å²) < 4.78 is 5.38. The minimum Gasteiger partial charge on any atom is -0.379 e. The molecule has 0 saturated carbocycles. The molecule has 1 saturated heterocycles. The SMILES string of the molecule is CNC(=O)C(C(=O)NO)N(C)C(=O)c1ccc(-c2ccc(CCN3CCOCC3)cc2)cc1. The van der Waals surface area contributed by atoms with Crippen LogP contribution in [0.15, 0.2) is 48.5 Å². The van der Waals surface area contributed by atoms with Crippen molar-refractivity contribution in [2.45, 2.75) is 12.5 Å². The second-order valence-corrected chi connectivity index (χ2v) is 7.89. The standard InChI is InChI=1S/C24H30N4O5/c1-25-22(29)21(23(30)26-32)27(2)24(31)20-9-7-19(8-10-20)18-5-3-17(4-6-18)11-12-28-13-15-33-16-14-28/h3-10,21,32H,11-16H2,1-2H3,(H,25,29)(H,26,30). The fraction of sp³-hybridized carbons (Fsp3) is 0.375. The maximum Gasteiger partial charge on any atom is 0.275 e. The molecule has 1 fully saturated rings. The van der Waals surface area contributed by atoms with E-state index in [2.05, 4.69) is 34.5 Å². The van der Waals surface area contributed by atoms with Gasteiger partial charge >= 0.3 is 0 Å². The number of amides is 3. The lowest BCUT2D eigenvalue weighted by Crippen LogP contribution is -2.54. The van der Waals surface area contributed by atoms with Crippen molar-refractivity contribution >= 4 is 17.7 Å². The Balaban J connectivity index is 1.64. The molecule has 2 aromatic rings. The van der Waals surface area contributed by atoms with Gasteiger partial charge in [-0.1, -0.05) is 36.4 Å². The Hall–Kier alpha value is -3.27. The van der Waals surface area contributed by atoms with Gasteiger partial charge in [0.1, 0.15) is 0 Å². The van der Waals surface area contributed by atoms with Crippen LogP contribution in [0.4, 0.5) is 0 Å². The summed E-state index contributed by atoms with van der Waals surface area (Å²) in [5.41, 5.74) is 4.99. The van der Waals surface area contributed by atoms with Gasteiger partial charge in [-0.05, 0) is 35.2 Å². The van der Waals surface area contributed by atoms with Crippen LogP contribution >= 0.6 is 0 Å². The van der Waals surface area contributed by atoms with E-state index in [0.717, 1.165) is 55.3 Å². The fourth-order valence-electron chi connectivity index (χ4n) is 3.77. The van der Waals surface area contributed by atoms with E-state index in [4.69, 9.17) is 9.94 Å². The van der Waals surface area contributed by atoms with Gasteiger partial charge in [0.2, 0.25) is 0 Å². The highest BCUT2D eigenvalue weighted by Crippen LogP contribution is 2.21. The highest BCUT2D eigenvalue weighted by Gasteiger charge is 2.33. The van der Waals surface area contributed by atoms with Gasteiger partial charge in [0, 0.05) is 39.3 Å². The molecule has 0 radical (unpaired) electrons. The van der Waals surface area contributed by atoms with Crippen molar-refractivity contribution in [3.05, 3.63) is 59.7 Å². The van der Waals surface area contributed by atoms with Crippen LogP contribution in [0, 0.1) is 0 Å². The minimum absolute atomic E-state index is 0.322. The molecule has 1 heterocycles. The molecule has 3 rings (SSSR count). The highest BCUT2D eigenvalue weighted by atomic mass is 16.5. The minimum atomic E-state index is -1.49. The molecule has 9 nitrogen and oxygen atoms in total. The lowest BCUT2D eigenvalue weighted by atomic mass is 10.0. The number of likely N-dealkylation sites (N-methyl/N-ethyl adjacent to an activating group) is 2. The van der Waals surface area contributed by atoms with Gasteiger partial charge in [0.05, 0.1) is 13.2 Å². The summed E-state index contributed by atoms with van der Waals surface area (Å²) >= 11 is 0. The third-order valence-electron chi connectivity index (χ3n) is 5.80. The number of carbonyl (C=O) groups is 3. The van der Waals surface area contributed by atoms with E-state index in [9.17, 15) is 14.4 Å². The average Bonchev–Trinajstić information content (AvgIpc) is 2.87. The molecule has 1 atom stereocenters. The Bertz CT molecular complexity index is 940. The van der Waals surface area contributed by atoms with Crippen LogP contribution in [0.25, 0.3) is 11.1 Å². The normalized spacial score (nSPS) is 14.9. The van der Waals surface area contributed by atoms with Gasteiger partial charge in [0.25, 0.3) is 17.7 Å². The summed E-state index contributed by atoms with van der Waals surface area (Å²) in [5, 5.41) is 11.2. The Morgan fingerprint density at radius 3 is 2.12 bits per heavy atom. The van der Waals surface area contributed by atoms with Crippen molar-refractivity contribution in [3.8, 4) is 11.1 Å². The zero-order chi connectivity index (χ0) is 23.8. The smallest absolute Gasteiger partial charge is 0.275 e. The van der Waals surface area contributed by atoms with Crippen LogP contribution in [0.3, 0.4) is 0 Å². The number of carbonyl (C=O) groups excluding carboxylic acids is 3. The molecule has 0 aliphatic carbocycles. The van der Waals surface area contributed by atoms with Crippen molar-refractivity contribution in [2.24, 2.45) is 0 Å². The quantitative estimate of drug-likeness (QED) is 0.311. The summed E-state index contributed by atoms with van der Waals surface area (Å²) in [7, 11) is 2.68. The third-order valence-corrected chi connectivity index (χ3v) is 5.80. The van der Waals surface area contributed by atoms with Crippen LogP contribution in [0.1, 0.15) is 15.9 Å². The number of ether oxygens (including phenoxy) is 1. The van der Waals surface area contributed by atoms with Gasteiger partial charge in [-0.3, -0.25) is 24.5 Å². The molecule has 33 heavy (non-hydrogen) atoms. The first-order valence-corrected chi connectivity index (χ1v) is 10.9. The maximum atomic E-state index is 12.8. The van der Waals surface area contributed by atoms with Crippen LogP contribution in [0.2, 0.25) is 0 Å². The Morgan fingerprint density at radius 1 is 1.00 bits per heavy atom. The van der Waals surface area contributed by atoms with Crippen LogP contribution in [-0.2, 0) is 20.7 Å². The number of nitrogens with zero attached hydrogens (tertiary/aromatic N) is 2. The number of hydrogen-bond donors (Lipinski definition) is 3. The first-order chi connectivity index (χ1) is 15.9. The van der Waals surface area contributed by atoms with E-state index < -0.39 is 23.8 Å². The van der Waals surface area contributed by atoms with E-state index in [-0.39, 0.29) is 0 Å². The molecule has 9 heteroatoms. The van der Waals surface area contributed by atoms with Gasteiger partial charge in [0.15, 0.2) is 6.04 Å². The lowest BCUT2D eigenvalue weighted by Gasteiger charge is -2.26. The lowest BCUT2D eigenvalue weighted by molar-refractivity contribution is -0.140. The number of morpholine rings is 1. The van der Waals surface area contributed by atoms with Gasteiger partial charge in [-0.2, -0.15) is 0 Å². The largest absolute Gasteiger partial charge is 0.379 e. The topological polar surface area (TPSA) is 111 Å². The number of benzene rings is 2. The maximum absolute atomic E-state index is 12.8. The zero-order valence-electron chi connectivity index (χ0n) is 18.9. The van der Waals surface area contributed by atoms with Gasteiger partial charge < -0.3 is 15.0 Å². The number of hydroxylamine groups is 1. The van der Waals surface area contributed by atoms with Crippen molar-refractivity contribution in [1.29, 1.82) is 0 Å². The first kappa shape index (κ1) is 24.4. The van der Waals surface area contributed by atoms with Crippen LogP contribution in [0.5, 0.6) is 0 Å². The summed E-state index contributed by atoms with van der Waals surface area (Å²) in [6.07, 6.45) is 0.980. The highest BCUT2D eigenvalue weighted by molar-refractivity contribution is 6.08. The van der Waals surface area contributed by atoms with E-state index >= 15 is 0 Å². The third kappa shape index (κ3) is 6.16. The predicted molar refractivity (Wildman–Crippen MR) is 123 cm³/mol. The first-order valence-electron chi connectivity index (χ1n) is 10.9. The molecule has 2 aromatic carbocycles. The molecule has 176 valence electrons. The van der Waals surface area contributed by atoms with Crippen molar-refractivity contribution in [3.63, 3.8) is 0 Å². The molecule has 1 aliphatic heterocycles. The Kier molecular flexibility index (Phi) is 8.53. The molecule has 0 spiro atoms. The van der Waals surface area contributed by atoms with Crippen LogP contribution < -0.4 is 10.8 Å². The molecule has 0 aromatic heterocycles. The average molecular weight is 455 g/mol. The molecular formula is C24H30N4O5. The fourth-order valence-corrected chi connectivity index (χ4v) is 3.77. The van der Waals surface area contributed by atoms with Gasteiger partial charge in [-0.25, -0.2) is 5.48 Å².